The van der Waals surface area contributed by atoms with Crippen LogP contribution in [0.5, 0.6) is 0 Å². The van der Waals surface area contributed by atoms with E-state index < -0.39 is 125 Å². The van der Waals surface area contributed by atoms with Crippen LogP contribution in [-0.4, -0.2) is 83.4 Å². The SMILES string of the molecule is [2H]c1c([2H])c(C2([2H])C[C@@H]2N([2H])c2nc(SC([2H])([2H])CC)nc3c2nnn3[C@]2([2H])C([2H])([2H])[C@]([2H])(OCC([2H])([2H])O)[C@@]([2H])(O)[C@@]2([2H])O)c([2H])c(F)c1F. The number of benzene rings is 1. The van der Waals surface area contributed by atoms with Crippen LogP contribution in [0.3, 0.4) is 0 Å². The Balaban J connectivity index is 1.72. The number of anilines is 1. The summed E-state index contributed by atoms with van der Waals surface area (Å²) in [5, 5.41) is 38.8. The van der Waals surface area contributed by atoms with E-state index in [2.05, 4.69) is 20.3 Å². The van der Waals surface area contributed by atoms with E-state index in [1.807, 2.05) is 0 Å². The summed E-state index contributed by atoms with van der Waals surface area (Å²) < 4.78 is 158. The van der Waals surface area contributed by atoms with Crippen molar-refractivity contribution in [3.8, 4) is 0 Å². The highest BCUT2D eigenvalue weighted by Crippen LogP contribution is 2.44. The largest absolute Gasteiger partial charge is 0.394 e. The fraction of sp³-hybridized carbons (Fsp3) is 0.565. The first kappa shape index (κ1) is 12.9. The topological polar surface area (TPSA) is 138 Å². The van der Waals surface area contributed by atoms with Crippen molar-refractivity contribution >= 4 is 28.7 Å². The average Bonchev–Trinajstić information content (AvgIpc) is 3.51. The summed E-state index contributed by atoms with van der Waals surface area (Å²) in [6.07, 6.45) is -16.8. The zero-order valence-corrected chi connectivity index (χ0v) is 19.1. The molecule has 6 atom stereocenters. The normalized spacial score (nSPS) is 46.1. The molecule has 194 valence electrons. The van der Waals surface area contributed by atoms with Gasteiger partial charge in [0, 0.05) is 30.9 Å². The number of halogens is 2. The van der Waals surface area contributed by atoms with Crippen LogP contribution in [-0.2, 0) is 4.74 Å². The second-order valence-electron chi connectivity index (χ2n) is 7.30. The van der Waals surface area contributed by atoms with E-state index in [-0.39, 0.29) is 11.1 Å². The van der Waals surface area contributed by atoms with Crippen molar-refractivity contribution in [2.24, 2.45) is 0 Å². The Morgan fingerprint density at radius 1 is 1.36 bits per heavy atom. The fourth-order valence-electron chi connectivity index (χ4n) is 3.23. The predicted octanol–water partition coefficient (Wildman–Crippen LogP) is 2.01. The van der Waals surface area contributed by atoms with E-state index in [0.29, 0.717) is 17.1 Å². The van der Waals surface area contributed by atoms with Gasteiger partial charge < -0.3 is 25.4 Å². The third kappa shape index (κ3) is 4.90. The Morgan fingerprint density at radius 3 is 2.97 bits per heavy atom. The molecule has 2 aliphatic rings. The molecule has 2 aliphatic carbocycles. The van der Waals surface area contributed by atoms with Gasteiger partial charge in [-0.2, -0.15) is 0 Å². The highest BCUT2D eigenvalue weighted by atomic mass is 32.2. The molecule has 13 heteroatoms. The fourth-order valence-corrected chi connectivity index (χ4v) is 3.77. The molecule has 5 rings (SSSR count). The van der Waals surface area contributed by atoms with Gasteiger partial charge >= 0.3 is 0 Å². The van der Waals surface area contributed by atoms with Crippen molar-refractivity contribution in [1.82, 2.24) is 25.0 Å². The van der Waals surface area contributed by atoms with Crippen LogP contribution in [0.1, 0.15) is 62.8 Å². The number of aromatic nitrogens is 5. The maximum Gasteiger partial charge on any atom is 0.191 e. The van der Waals surface area contributed by atoms with E-state index in [1.54, 1.807) is 0 Å². The third-order valence-corrected chi connectivity index (χ3v) is 5.74. The molecule has 2 saturated carbocycles. The Bertz CT molecular complexity index is 1900. The summed E-state index contributed by atoms with van der Waals surface area (Å²) in [6.45, 7) is -3.45. The van der Waals surface area contributed by atoms with Gasteiger partial charge in [0.2, 0.25) is 0 Å². The lowest BCUT2D eigenvalue weighted by Crippen LogP contribution is -2.33. The molecule has 1 unspecified atom stereocenters. The van der Waals surface area contributed by atoms with Crippen molar-refractivity contribution in [3.63, 3.8) is 0 Å². The second kappa shape index (κ2) is 10.5. The van der Waals surface area contributed by atoms with E-state index in [4.69, 9.17) is 25.3 Å². The first-order chi connectivity index (χ1) is 23.0. The monoisotopic (exact) mass is 537 g/mol. The van der Waals surface area contributed by atoms with Crippen LogP contribution >= 0.6 is 11.8 Å². The zero-order chi connectivity index (χ0) is 38.9. The van der Waals surface area contributed by atoms with Gasteiger partial charge in [0.05, 0.1) is 37.6 Å². The predicted molar refractivity (Wildman–Crippen MR) is 128 cm³/mol. The molecule has 36 heavy (non-hydrogen) atoms. The average molecular weight is 538 g/mol. The molecule has 0 spiro atoms. The molecular weight excluding hydrogens is 494 g/mol. The highest BCUT2D eigenvalue weighted by molar-refractivity contribution is 7.99. The summed E-state index contributed by atoms with van der Waals surface area (Å²) >= 11 is 0.322. The first-order valence-electron chi connectivity index (χ1n) is 17.8. The number of rotatable bonds is 10. The number of hydrogen-bond acceptors (Lipinski definition) is 10. The van der Waals surface area contributed by atoms with Gasteiger partial charge in [0.15, 0.2) is 35.2 Å². The van der Waals surface area contributed by atoms with Gasteiger partial charge in [-0.25, -0.2) is 23.4 Å². The molecule has 0 saturated heterocycles. The lowest BCUT2D eigenvalue weighted by molar-refractivity contribution is -0.0629. The second-order valence-corrected chi connectivity index (χ2v) is 8.16. The highest BCUT2D eigenvalue weighted by Gasteiger charge is 2.45. The van der Waals surface area contributed by atoms with Crippen molar-refractivity contribution in [2.45, 2.75) is 67.5 Å². The molecule has 0 bridgehead atoms. The third-order valence-electron chi connectivity index (χ3n) is 4.94. The van der Waals surface area contributed by atoms with Gasteiger partial charge in [-0.3, -0.25) is 0 Å². The molecule has 0 aliphatic heterocycles. The van der Waals surface area contributed by atoms with Crippen LogP contribution < -0.4 is 5.31 Å². The number of ether oxygens (including phenoxy) is 1. The summed E-state index contributed by atoms with van der Waals surface area (Å²) in [5.41, 5.74) is -4.42. The molecule has 2 heterocycles. The van der Waals surface area contributed by atoms with Crippen LogP contribution in [0.25, 0.3) is 11.2 Å². The molecule has 10 nitrogen and oxygen atoms in total. The number of thioether (sulfide) groups is 1. The van der Waals surface area contributed by atoms with Crippen molar-refractivity contribution in [2.75, 3.05) is 24.2 Å². The van der Waals surface area contributed by atoms with E-state index in [0.717, 1.165) is 0 Å². The standard InChI is InChI=1S/C23H28F2N6O4S/c1-2-7-36-23-27-21(26-15-9-12(15)11-3-4-13(24)14(25)8-11)18-22(28-23)31(30-29-18)16-10-17(35-6-5-32)20(34)19(16)33/h3-4,8,12,15-17,19-20,32-34H,2,5-7,9-10H2,1H3,(H,26,27,28)/t12?,15-,16+,17-,19-,20+/m0/s1/i3D,4D,5D2,7D2,8D,10D2,12D,16D,17D,19D,20D/hD. The van der Waals surface area contributed by atoms with Crippen LogP contribution in [0, 0.1) is 11.6 Å². The minimum Gasteiger partial charge on any atom is -0.394 e. The Labute approximate surface area is 231 Å². The summed E-state index contributed by atoms with van der Waals surface area (Å²) in [7, 11) is 0. The van der Waals surface area contributed by atoms with E-state index >= 15 is 0 Å². The van der Waals surface area contributed by atoms with E-state index in [1.165, 1.54) is 6.92 Å². The van der Waals surface area contributed by atoms with Crippen LogP contribution in [0.2, 0.25) is 1.41 Å². The summed E-state index contributed by atoms with van der Waals surface area (Å²) in [4.78, 5) is 8.14. The Hall–Kier alpha value is -2.45. The molecule has 4 N–H and O–H groups in total. The minimum atomic E-state index is -4.17. The number of hydrogen-bond donors (Lipinski definition) is 4. The summed E-state index contributed by atoms with van der Waals surface area (Å²) in [6, 6.07) is -8.79. The van der Waals surface area contributed by atoms with Gasteiger partial charge in [-0.15, -0.1) is 5.10 Å². The van der Waals surface area contributed by atoms with Gasteiger partial charge in [0.1, 0.15) is 12.2 Å². The number of nitrogens with one attached hydrogen (secondary N) is 1. The van der Waals surface area contributed by atoms with Crippen molar-refractivity contribution in [1.29, 1.82) is 0 Å². The maximum atomic E-state index is 14.5. The Kier molecular flexibility index (Phi) is 3.75. The smallest absolute Gasteiger partial charge is 0.191 e. The van der Waals surface area contributed by atoms with Gasteiger partial charge in [0.25, 0.3) is 0 Å². The van der Waals surface area contributed by atoms with Gasteiger partial charge in [-0.05, 0) is 30.5 Å². The molecule has 0 amide bonds. The van der Waals surface area contributed by atoms with Crippen molar-refractivity contribution < 1.29 is 49.4 Å². The number of nitrogens with zero attached hydrogens (tertiary/aromatic N) is 5. The molecule has 1 aromatic carbocycles. The lowest BCUT2D eigenvalue weighted by atomic mass is 10.1. The Morgan fingerprint density at radius 2 is 2.19 bits per heavy atom. The first-order valence-corrected chi connectivity index (χ1v) is 11.2. The maximum absolute atomic E-state index is 14.5. The minimum absolute atomic E-state index is 0.0407. The molecule has 3 aromatic rings. The lowest BCUT2D eigenvalue weighted by Gasteiger charge is -2.17. The van der Waals surface area contributed by atoms with Crippen LogP contribution in [0.4, 0.5) is 14.6 Å². The van der Waals surface area contributed by atoms with E-state index in [9.17, 15) is 24.1 Å². The molecule has 2 fully saturated rings. The zero-order valence-electron chi connectivity index (χ0n) is 33.3. The number of fused-ring (bicyclic) bond motifs is 1. The molecule has 2 aromatic heterocycles. The van der Waals surface area contributed by atoms with Crippen LogP contribution in [0.15, 0.2) is 23.3 Å². The van der Waals surface area contributed by atoms with Crippen molar-refractivity contribution in [3.05, 3.63) is 35.3 Å². The van der Waals surface area contributed by atoms with Gasteiger partial charge in [-0.1, -0.05) is 29.9 Å². The molecule has 0 radical (unpaired) electrons. The number of aliphatic hydroxyl groups is 3. The summed E-state index contributed by atoms with van der Waals surface area (Å²) in [5.74, 6) is -6.48. The quantitative estimate of drug-likeness (QED) is 0.224. The molecular formula is C23H28F2N6O4S.